The highest BCUT2D eigenvalue weighted by Gasteiger charge is 2.52. The summed E-state index contributed by atoms with van der Waals surface area (Å²) in [4.78, 5) is 24.0. The lowest BCUT2D eigenvalue weighted by atomic mass is 9.96. The van der Waals surface area contributed by atoms with Crippen LogP contribution in [-0.4, -0.2) is 37.7 Å². The molecule has 5 nitrogen and oxygen atoms in total. The predicted octanol–water partition coefficient (Wildman–Crippen LogP) is 1.56. The zero-order chi connectivity index (χ0) is 15.4. The van der Waals surface area contributed by atoms with Crippen molar-refractivity contribution in [1.29, 1.82) is 0 Å². The van der Waals surface area contributed by atoms with E-state index in [1.807, 2.05) is 30.3 Å². The Labute approximate surface area is 130 Å². The lowest BCUT2D eigenvalue weighted by Gasteiger charge is -2.15. The second kappa shape index (κ2) is 6.48. The van der Waals surface area contributed by atoms with Gasteiger partial charge < -0.3 is 14.8 Å². The standard InChI is InChI=1S/C17H21NO4/c19-15(18-11-14-7-4-10-21-14)12-22-16(20)17(8-9-17)13-5-2-1-3-6-13/h1-3,5-6,14H,4,7-12H2,(H,18,19)/t14-/m0/s1. The molecule has 118 valence electrons. The van der Waals surface area contributed by atoms with E-state index in [0.29, 0.717) is 6.54 Å². The molecule has 2 aliphatic rings. The molecular formula is C17H21NO4. The molecule has 0 unspecified atom stereocenters. The lowest BCUT2D eigenvalue weighted by molar-refractivity contribution is -0.151. The van der Waals surface area contributed by atoms with Crippen molar-refractivity contribution >= 4 is 11.9 Å². The van der Waals surface area contributed by atoms with Gasteiger partial charge in [-0.1, -0.05) is 30.3 Å². The smallest absolute Gasteiger partial charge is 0.317 e. The van der Waals surface area contributed by atoms with E-state index >= 15 is 0 Å². The third-order valence-electron chi connectivity index (χ3n) is 4.35. The van der Waals surface area contributed by atoms with Gasteiger partial charge in [-0.25, -0.2) is 0 Å². The Hall–Kier alpha value is -1.88. The molecule has 1 aliphatic heterocycles. The molecule has 1 saturated heterocycles. The first-order chi connectivity index (χ1) is 10.7. The maximum atomic E-state index is 12.3. The number of ether oxygens (including phenoxy) is 2. The summed E-state index contributed by atoms with van der Waals surface area (Å²) in [6, 6.07) is 9.62. The molecule has 1 amide bonds. The maximum Gasteiger partial charge on any atom is 0.317 e. The van der Waals surface area contributed by atoms with Gasteiger partial charge in [-0.05, 0) is 31.2 Å². The fraction of sp³-hybridized carbons (Fsp3) is 0.529. The Kier molecular flexibility index (Phi) is 4.43. The summed E-state index contributed by atoms with van der Waals surface area (Å²) in [6.45, 7) is 1.02. The molecule has 0 spiro atoms. The van der Waals surface area contributed by atoms with Crippen molar-refractivity contribution in [2.45, 2.75) is 37.2 Å². The first kappa shape index (κ1) is 15.0. The molecule has 1 aliphatic carbocycles. The topological polar surface area (TPSA) is 64.6 Å². The number of esters is 1. The van der Waals surface area contributed by atoms with Crippen LogP contribution in [0.1, 0.15) is 31.2 Å². The van der Waals surface area contributed by atoms with E-state index in [4.69, 9.17) is 9.47 Å². The highest BCUT2D eigenvalue weighted by atomic mass is 16.5. The average Bonchev–Trinajstić information content (AvgIpc) is 3.21. The highest BCUT2D eigenvalue weighted by molar-refractivity contribution is 5.88. The van der Waals surface area contributed by atoms with E-state index in [-0.39, 0.29) is 24.6 Å². The Morgan fingerprint density at radius 3 is 2.68 bits per heavy atom. The number of carbonyl (C=O) groups excluding carboxylic acids is 2. The Bertz CT molecular complexity index is 533. The van der Waals surface area contributed by atoms with Gasteiger partial charge in [-0.3, -0.25) is 9.59 Å². The second-order valence-electron chi connectivity index (χ2n) is 5.96. The highest BCUT2D eigenvalue weighted by Crippen LogP contribution is 2.49. The quantitative estimate of drug-likeness (QED) is 0.810. The maximum absolute atomic E-state index is 12.3. The van der Waals surface area contributed by atoms with Crippen molar-refractivity contribution in [3.63, 3.8) is 0 Å². The van der Waals surface area contributed by atoms with Crippen molar-refractivity contribution in [2.75, 3.05) is 19.8 Å². The van der Waals surface area contributed by atoms with Crippen LogP contribution < -0.4 is 5.32 Å². The van der Waals surface area contributed by atoms with Crippen LogP contribution in [0.3, 0.4) is 0 Å². The van der Waals surface area contributed by atoms with Crippen LogP contribution in [0.4, 0.5) is 0 Å². The summed E-state index contributed by atoms with van der Waals surface area (Å²) in [6.07, 6.45) is 3.67. The summed E-state index contributed by atoms with van der Waals surface area (Å²) >= 11 is 0. The molecule has 1 aromatic rings. The van der Waals surface area contributed by atoms with Gasteiger partial charge >= 0.3 is 5.97 Å². The van der Waals surface area contributed by atoms with Crippen molar-refractivity contribution < 1.29 is 19.1 Å². The van der Waals surface area contributed by atoms with Gasteiger partial charge in [0, 0.05) is 13.2 Å². The van der Waals surface area contributed by atoms with E-state index < -0.39 is 5.41 Å². The largest absolute Gasteiger partial charge is 0.455 e. The summed E-state index contributed by atoms with van der Waals surface area (Å²) in [5.74, 6) is -0.571. The molecule has 5 heteroatoms. The third kappa shape index (κ3) is 3.30. The normalized spacial score (nSPS) is 22.1. The third-order valence-corrected chi connectivity index (χ3v) is 4.35. The van der Waals surface area contributed by atoms with Crippen LogP contribution in [-0.2, 0) is 24.5 Å². The van der Waals surface area contributed by atoms with Crippen molar-refractivity contribution in [2.24, 2.45) is 0 Å². The molecule has 1 saturated carbocycles. The first-order valence-corrected chi connectivity index (χ1v) is 7.82. The van der Waals surface area contributed by atoms with E-state index in [1.165, 1.54) is 0 Å². The molecule has 2 fully saturated rings. The van der Waals surface area contributed by atoms with Gasteiger partial charge in [0.1, 0.15) is 0 Å². The van der Waals surface area contributed by atoms with Crippen LogP contribution in [0.25, 0.3) is 0 Å². The van der Waals surface area contributed by atoms with Crippen molar-refractivity contribution in [3.8, 4) is 0 Å². The van der Waals surface area contributed by atoms with Crippen LogP contribution in [0.15, 0.2) is 30.3 Å². The van der Waals surface area contributed by atoms with Gasteiger partial charge in [0.15, 0.2) is 6.61 Å². The van der Waals surface area contributed by atoms with E-state index in [2.05, 4.69) is 5.32 Å². The number of hydrogen-bond acceptors (Lipinski definition) is 4. The summed E-state index contributed by atoms with van der Waals surface area (Å²) < 4.78 is 10.6. The number of rotatable bonds is 6. The van der Waals surface area contributed by atoms with E-state index in [9.17, 15) is 9.59 Å². The van der Waals surface area contributed by atoms with Crippen LogP contribution >= 0.6 is 0 Å². The summed E-state index contributed by atoms with van der Waals surface area (Å²) in [7, 11) is 0. The number of carbonyl (C=O) groups is 2. The Balaban J connectivity index is 1.45. The first-order valence-electron chi connectivity index (χ1n) is 7.82. The summed E-state index contributed by atoms with van der Waals surface area (Å²) in [5, 5.41) is 2.75. The molecule has 1 atom stereocenters. The molecule has 3 rings (SSSR count). The van der Waals surface area contributed by atoms with Crippen LogP contribution in [0, 0.1) is 0 Å². The summed E-state index contributed by atoms with van der Waals surface area (Å²) in [5.41, 5.74) is 0.440. The van der Waals surface area contributed by atoms with E-state index in [1.54, 1.807) is 0 Å². The van der Waals surface area contributed by atoms with Gasteiger partial charge in [0.2, 0.25) is 0 Å². The molecule has 0 bridgehead atoms. The predicted molar refractivity (Wildman–Crippen MR) is 80.3 cm³/mol. The Morgan fingerprint density at radius 1 is 1.27 bits per heavy atom. The average molecular weight is 303 g/mol. The fourth-order valence-electron chi connectivity index (χ4n) is 2.85. The fourth-order valence-corrected chi connectivity index (χ4v) is 2.85. The van der Waals surface area contributed by atoms with Gasteiger partial charge in [-0.15, -0.1) is 0 Å². The molecule has 0 aromatic heterocycles. The monoisotopic (exact) mass is 303 g/mol. The van der Waals surface area contributed by atoms with Crippen molar-refractivity contribution in [1.82, 2.24) is 5.32 Å². The lowest BCUT2D eigenvalue weighted by Crippen LogP contribution is -2.36. The minimum Gasteiger partial charge on any atom is -0.455 e. The zero-order valence-corrected chi connectivity index (χ0v) is 12.5. The molecule has 1 aromatic carbocycles. The minimum atomic E-state index is -0.532. The molecule has 1 N–H and O–H groups in total. The number of hydrogen-bond donors (Lipinski definition) is 1. The van der Waals surface area contributed by atoms with E-state index in [0.717, 1.165) is 37.9 Å². The second-order valence-corrected chi connectivity index (χ2v) is 5.96. The van der Waals surface area contributed by atoms with Crippen molar-refractivity contribution in [3.05, 3.63) is 35.9 Å². The molecular weight excluding hydrogens is 282 g/mol. The van der Waals surface area contributed by atoms with Crippen LogP contribution in [0.2, 0.25) is 0 Å². The van der Waals surface area contributed by atoms with Gasteiger partial charge in [0.25, 0.3) is 5.91 Å². The molecule has 0 radical (unpaired) electrons. The number of nitrogens with one attached hydrogen (secondary N) is 1. The van der Waals surface area contributed by atoms with Crippen LogP contribution in [0.5, 0.6) is 0 Å². The van der Waals surface area contributed by atoms with Gasteiger partial charge in [0.05, 0.1) is 11.5 Å². The molecule has 1 heterocycles. The minimum absolute atomic E-state index is 0.0961. The SMILES string of the molecule is O=C(COC(=O)C1(c2ccccc2)CC1)NC[C@@H]1CCCO1. The van der Waals surface area contributed by atoms with Gasteiger partial charge in [-0.2, -0.15) is 0 Å². The Morgan fingerprint density at radius 2 is 2.05 bits per heavy atom. The number of amides is 1. The number of benzene rings is 1. The molecule has 22 heavy (non-hydrogen) atoms. The zero-order valence-electron chi connectivity index (χ0n) is 12.5.